The van der Waals surface area contributed by atoms with Crippen molar-refractivity contribution in [2.24, 2.45) is 5.92 Å². The number of anilines is 1. The van der Waals surface area contributed by atoms with Crippen molar-refractivity contribution in [1.29, 1.82) is 0 Å². The molecule has 1 amide bonds. The van der Waals surface area contributed by atoms with Crippen LogP contribution in [0.15, 0.2) is 41.3 Å². The van der Waals surface area contributed by atoms with E-state index in [1.54, 1.807) is 30.3 Å². The fourth-order valence-corrected chi connectivity index (χ4v) is 5.98. The normalized spacial score (nSPS) is 18.7. The highest BCUT2D eigenvalue weighted by Crippen LogP contribution is 2.26. The fraction of sp³-hybridized carbons (Fsp3) is 0.542. The molecule has 4 rings (SSSR count). The summed E-state index contributed by atoms with van der Waals surface area (Å²) >= 11 is 0. The molecular weight excluding hydrogens is 438 g/mol. The van der Waals surface area contributed by atoms with E-state index >= 15 is 0 Å². The third-order valence-electron chi connectivity index (χ3n) is 6.47. The van der Waals surface area contributed by atoms with Crippen molar-refractivity contribution in [3.05, 3.63) is 47.9 Å². The second-order valence-electron chi connectivity index (χ2n) is 9.18. The van der Waals surface area contributed by atoms with E-state index < -0.39 is 10.0 Å². The first kappa shape index (κ1) is 23.6. The predicted octanol–water partition coefficient (Wildman–Crippen LogP) is 2.66. The fourth-order valence-electron chi connectivity index (χ4n) is 4.49. The first-order valence-corrected chi connectivity index (χ1v) is 13.1. The topological polar surface area (TPSA) is 86.7 Å². The maximum atomic E-state index is 13.1. The van der Waals surface area contributed by atoms with Gasteiger partial charge in [-0.25, -0.2) is 18.4 Å². The molecule has 9 heteroatoms. The first-order valence-electron chi connectivity index (χ1n) is 11.7. The van der Waals surface area contributed by atoms with Crippen molar-refractivity contribution in [1.82, 2.24) is 19.2 Å². The van der Waals surface area contributed by atoms with Crippen LogP contribution < -0.4 is 4.90 Å². The zero-order chi connectivity index (χ0) is 23.6. The van der Waals surface area contributed by atoms with Gasteiger partial charge in [-0.2, -0.15) is 4.31 Å². The number of amides is 1. The Kier molecular flexibility index (Phi) is 6.99. The molecule has 0 bridgehead atoms. The van der Waals surface area contributed by atoms with Gasteiger partial charge in [0.15, 0.2) is 0 Å². The number of aryl methyl sites for hydroxylation is 1. The predicted molar refractivity (Wildman–Crippen MR) is 128 cm³/mol. The number of benzene rings is 1. The molecule has 0 N–H and O–H groups in total. The number of carbonyl (C=O) groups excluding carboxylic acids is 1. The highest BCUT2D eigenvalue weighted by Gasteiger charge is 2.34. The van der Waals surface area contributed by atoms with Gasteiger partial charge in [0.25, 0.3) is 0 Å². The molecule has 1 aromatic heterocycles. The number of carbonyl (C=O) groups is 1. The molecule has 2 aliphatic rings. The number of hydrogen-bond acceptors (Lipinski definition) is 6. The Hall–Kier alpha value is -2.52. The van der Waals surface area contributed by atoms with Crippen molar-refractivity contribution >= 4 is 21.7 Å². The van der Waals surface area contributed by atoms with Gasteiger partial charge in [0.1, 0.15) is 11.6 Å². The van der Waals surface area contributed by atoms with E-state index in [0.717, 1.165) is 30.4 Å². The van der Waals surface area contributed by atoms with Gasteiger partial charge in [-0.05, 0) is 31.9 Å². The molecule has 0 saturated carbocycles. The van der Waals surface area contributed by atoms with E-state index in [1.165, 1.54) is 4.31 Å². The lowest BCUT2D eigenvalue weighted by molar-refractivity contribution is -0.137. The molecule has 0 unspecified atom stereocenters. The van der Waals surface area contributed by atoms with Crippen LogP contribution in [0.1, 0.15) is 44.1 Å². The average molecular weight is 472 g/mol. The Morgan fingerprint density at radius 1 is 0.970 bits per heavy atom. The lowest BCUT2D eigenvalue weighted by atomic mass is 9.96. The summed E-state index contributed by atoms with van der Waals surface area (Å²) in [6.07, 6.45) is 1.13. The monoisotopic (exact) mass is 471 g/mol. The van der Waals surface area contributed by atoms with E-state index in [0.29, 0.717) is 43.9 Å². The van der Waals surface area contributed by atoms with E-state index in [9.17, 15) is 13.2 Å². The Labute approximate surface area is 196 Å². The lowest BCUT2D eigenvalue weighted by Crippen LogP contribution is -2.52. The van der Waals surface area contributed by atoms with Crippen LogP contribution in [0.25, 0.3) is 0 Å². The minimum absolute atomic E-state index is 0.118. The molecule has 33 heavy (non-hydrogen) atoms. The molecule has 3 heterocycles. The van der Waals surface area contributed by atoms with Gasteiger partial charge < -0.3 is 9.80 Å². The van der Waals surface area contributed by atoms with Gasteiger partial charge in [-0.15, -0.1) is 0 Å². The molecule has 2 saturated heterocycles. The van der Waals surface area contributed by atoms with Crippen LogP contribution in [-0.2, 0) is 14.8 Å². The maximum absolute atomic E-state index is 13.1. The molecule has 2 fully saturated rings. The molecule has 0 atom stereocenters. The van der Waals surface area contributed by atoms with Crippen LogP contribution in [0, 0.1) is 12.8 Å². The summed E-state index contributed by atoms with van der Waals surface area (Å²) in [5, 5.41) is 0. The van der Waals surface area contributed by atoms with E-state index in [2.05, 4.69) is 23.7 Å². The second-order valence-corrected chi connectivity index (χ2v) is 11.1. The standard InChI is InChI=1S/C24H33N5O3S/c1-18(2)23-25-19(3)17-22(26-23)27-13-15-28(16-14-27)24(30)20-9-11-29(12-10-20)33(31,32)21-7-5-4-6-8-21/h4-8,17-18,20H,9-16H2,1-3H3. The average Bonchev–Trinajstić information content (AvgIpc) is 2.84. The van der Waals surface area contributed by atoms with Crippen molar-refractivity contribution in [2.45, 2.75) is 44.4 Å². The molecule has 1 aromatic carbocycles. The Bertz CT molecular complexity index is 1070. The van der Waals surface area contributed by atoms with Crippen LogP contribution in [-0.4, -0.2) is 72.8 Å². The minimum Gasteiger partial charge on any atom is -0.353 e. The summed E-state index contributed by atoms with van der Waals surface area (Å²) in [6, 6.07) is 10.5. The van der Waals surface area contributed by atoms with E-state index in [-0.39, 0.29) is 17.7 Å². The number of rotatable bonds is 5. The largest absolute Gasteiger partial charge is 0.353 e. The summed E-state index contributed by atoms with van der Waals surface area (Å²) in [4.78, 5) is 26.8. The van der Waals surface area contributed by atoms with Crippen molar-refractivity contribution < 1.29 is 13.2 Å². The van der Waals surface area contributed by atoms with Gasteiger partial charge in [0, 0.05) is 62.9 Å². The van der Waals surface area contributed by atoms with Crippen LogP contribution in [0.5, 0.6) is 0 Å². The van der Waals surface area contributed by atoms with Gasteiger partial charge >= 0.3 is 0 Å². The number of aromatic nitrogens is 2. The maximum Gasteiger partial charge on any atom is 0.243 e. The highest BCUT2D eigenvalue weighted by atomic mass is 32.2. The molecule has 2 aliphatic heterocycles. The lowest BCUT2D eigenvalue weighted by Gasteiger charge is -2.38. The van der Waals surface area contributed by atoms with Gasteiger partial charge in [-0.1, -0.05) is 32.0 Å². The summed E-state index contributed by atoms with van der Waals surface area (Å²) in [6.45, 7) is 9.71. The second kappa shape index (κ2) is 9.77. The van der Waals surface area contributed by atoms with Crippen molar-refractivity contribution in [2.75, 3.05) is 44.2 Å². The summed E-state index contributed by atoms with van der Waals surface area (Å²) < 4.78 is 27.2. The zero-order valence-electron chi connectivity index (χ0n) is 19.6. The highest BCUT2D eigenvalue weighted by molar-refractivity contribution is 7.89. The van der Waals surface area contributed by atoms with Crippen molar-refractivity contribution in [3.8, 4) is 0 Å². The summed E-state index contributed by atoms with van der Waals surface area (Å²) in [5.74, 6) is 2.07. The van der Waals surface area contributed by atoms with E-state index in [1.807, 2.05) is 17.9 Å². The number of nitrogens with zero attached hydrogens (tertiary/aromatic N) is 5. The number of piperazine rings is 1. The summed E-state index contributed by atoms with van der Waals surface area (Å²) in [7, 11) is -3.50. The number of sulfonamides is 1. The third kappa shape index (κ3) is 5.19. The van der Waals surface area contributed by atoms with Crippen molar-refractivity contribution in [3.63, 3.8) is 0 Å². The van der Waals surface area contributed by atoms with Crippen LogP contribution >= 0.6 is 0 Å². The molecule has 0 spiro atoms. The molecule has 8 nitrogen and oxygen atoms in total. The Balaban J connectivity index is 1.32. The number of piperidine rings is 1. The van der Waals surface area contributed by atoms with Gasteiger partial charge in [-0.3, -0.25) is 4.79 Å². The molecule has 2 aromatic rings. The molecule has 0 aliphatic carbocycles. The quantitative estimate of drug-likeness (QED) is 0.666. The number of hydrogen-bond donors (Lipinski definition) is 0. The Morgan fingerprint density at radius 3 is 2.21 bits per heavy atom. The van der Waals surface area contributed by atoms with Gasteiger partial charge in [0.05, 0.1) is 4.90 Å². The van der Waals surface area contributed by atoms with Crippen LogP contribution in [0.2, 0.25) is 0 Å². The van der Waals surface area contributed by atoms with Crippen LogP contribution in [0.3, 0.4) is 0 Å². The third-order valence-corrected chi connectivity index (χ3v) is 8.39. The molecular formula is C24H33N5O3S. The Morgan fingerprint density at radius 2 is 1.61 bits per heavy atom. The first-order chi connectivity index (χ1) is 15.8. The minimum atomic E-state index is -3.50. The van der Waals surface area contributed by atoms with Crippen LogP contribution in [0.4, 0.5) is 5.82 Å². The van der Waals surface area contributed by atoms with E-state index in [4.69, 9.17) is 4.98 Å². The zero-order valence-corrected chi connectivity index (χ0v) is 20.5. The smallest absolute Gasteiger partial charge is 0.243 e. The molecule has 178 valence electrons. The molecule has 0 radical (unpaired) electrons. The SMILES string of the molecule is Cc1cc(N2CCN(C(=O)C3CCN(S(=O)(=O)c4ccccc4)CC3)CC2)nc(C(C)C)n1. The van der Waals surface area contributed by atoms with Gasteiger partial charge in [0.2, 0.25) is 15.9 Å². The summed E-state index contributed by atoms with van der Waals surface area (Å²) in [5.41, 5.74) is 0.958.